The van der Waals surface area contributed by atoms with Crippen molar-refractivity contribution in [3.8, 4) is 0 Å². The lowest BCUT2D eigenvalue weighted by atomic mass is 10.3. The molecule has 1 aliphatic heterocycles. The van der Waals surface area contributed by atoms with Crippen LogP contribution in [0.15, 0.2) is 12.4 Å². The predicted molar refractivity (Wildman–Crippen MR) is 56.1 cm³/mol. The van der Waals surface area contributed by atoms with E-state index in [9.17, 15) is 4.79 Å². The summed E-state index contributed by atoms with van der Waals surface area (Å²) in [5.41, 5.74) is 3.12. The molecule has 7 heteroatoms. The summed E-state index contributed by atoms with van der Waals surface area (Å²) in [6.07, 6.45) is 3.12. The number of hydrogen-bond acceptors (Lipinski definition) is 6. The van der Waals surface area contributed by atoms with Crippen molar-refractivity contribution in [2.45, 2.75) is 6.54 Å². The highest BCUT2D eigenvalue weighted by Gasteiger charge is 2.18. The number of nitrogen functional groups attached to an aromatic ring is 1. The van der Waals surface area contributed by atoms with Crippen molar-refractivity contribution in [3.05, 3.63) is 18.1 Å². The number of ether oxygens (including phenoxy) is 1. The fourth-order valence-electron chi connectivity index (χ4n) is 1.42. The first kappa shape index (κ1) is 10.8. The zero-order valence-corrected chi connectivity index (χ0v) is 8.72. The maximum Gasteiger partial charge on any atom is 0.249 e. The standard InChI is InChI=1S/C9H13N5O2/c10-13-8-4-11-7(3-12-8)5-14-1-2-16-6-9(14)15/h3-4H,1-2,5-6,10H2,(H,12,13). The molecule has 1 aliphatic rings. The molecular formula is C9H13N5O2. The minimum Gasteiger partial charge on any atom is -0.370 e. The summed E-state index contributed by atoms with van der Waals surface area (Å²) in [7, 11) is 0. The Labute approximate surface area is 92.6 Å². The van der Waals surface area contributed by atoms with E-state index in [0.717, 1.165) is 5.69 Å². The second-order valence-electron chi connectivity index (χ2n) is 3.41. The molecule has 3 N–H and O–H groups in total. The summed E-state index contributed by atoms with van der Waals surface area (Å²) < 4.78 is 5.03. The number of carbonyl (C=O) groups is 1. The van der Waals surface area contributed by atoms with Gasteiger partial charge in [-0.2, -0.15) is 0 Å². The molecule has 0 bridgehead atoms. The van der Waals surface area contributed by atoms with Crippen LogP contribution < -0.4 is 11.3 Å². The van der Waals surface area contributed by atoms with Crippen LogP contribution in [0, 0.1) is 0 Å². The first-order valence-electron chi connectivity index (χ1n) is 4.92. The van der Waals surface area contributed by atoms with Gasteiger partial charge in [-0.15, -0.1) is 0 Å². The molecule has 2 heterocycles. The molecular weight excluding hydrogens is 210 g/mol. The highest BCUT2D eigenvalue weighted by molar-refractivity contribution is 5.77. The summed E-state index contributed by atoms with van der Waals surface area (Å²) >= 11 is 0. The van der Waals surface area contributed by atoms with Gasteiger partial charge in [-0.05, 0) is 0 Å². The summed E-state index contributed by atoms with van der Waals surface area (Å²) in [6.45, 7) is 1.77. The summed E-state index contributed by atoms with van der Waals surface area (Å²) in [6, 6.07) is 0. The number of hydrogen-bond donors (Lipinski definition) is 2. The molecule has 1 amide bonds. The average molecular weight is 223 g/mol. The largest absolute Gasteiger partial charge is 0.370 e. The maximum absolute atomic E-state index is 11.4. The molecule has 0 spiro atoms. The maximum atomic E-state index is 11.4. The van der Waals surface area contributed by atoms with Crippen LogP contribution in [0.5, 0.6) is 0 Å². The summed E-state index contributed by atoms with van der Waals surface area (Å²) in [4.78, 5) is 21.3. The zero-order chi connectivity index (χ0) is 11.4. The normalized spacial score (nSPS) is 16.3. The number of nitrogens with one attached hydrogen (secondary N) is 1. The van der Waals surface area contributed by atoms with Gasteiger partial charge in [0, 0.05) is 6.54 Å². The Balaban J connectivity index is 1.99. The lowest BCUT2D eigenvalue weighted by Gasteiger charge is -2.26. The number of aromatic nitrogens is 2. The Bertz CT molecular complexity index is 367. The van der Waals surface area contributed by atoms with Gasteiger partial charge >= 0.3 is 0 Å². The van der Waals surface area contributed by atoms with Crippen molar-refractivity contribution < 1.29 is 9.53 Å². The second kappa shape index (κ2) is 4.86. The van der Waals surface area contributed by atoms with E-state index in [2.05, 4.69) is 15.4 Å². The molecule has 0 atom stereocenters. The van der Waals surface area contributed by atoms with Crippen LogP contribution in [0.4, 0.5) is 5.82 Å². The molecule has 86 valence electrons. The number of carbonyl (C=O) groups excluding carboxylic acids is 1. The van der Waals surface area contributed by atoms with Crippen LogP contribution in [-0.2, 0) is 16.1 Å². The lowest BCUT2D eigenvalue weighted by Crippen LogP contribution is -2.41. The number of hydrazine groups is 1. The zero-order valence-electron chi connectivity index (χ0n) is 8.72. The third-order valence-electron chi connectivity index (χ3n) is 2.29. The van der Waals surface area contributed by atoms with E-state index in [1.807, 2.05) is 0 Å². The van der Waals surface area contributed by atoms with Gasteiger partial charge in [-0.1, -0.05) is 0 Å². The minimum atomic E-state index is -0.0194. The molecule has 16 heavy (non-hydrogen) atoms. The van der Waals surface area contributed by atoms with E-state index >= 15 is 0 Å². The minimum absolute atomic E-state index is 0.0194. The van der Waals surface area contributed by atoms with Crippen LogP contribution in [0.25, 0.3) is 0 Å². The topological polar surface area (TPSA) is 93.4 Å². The first-order chi connectivity index (χ1) is 7.79. The highest BCUT2D eigenvalue weighted by Crippen LogP contribution is 2.06. The van der Waals surface area contributed by atoms with E-state index in [1.54, 1.807) is 11.1 Å². The van der Waals surface area contributed by atoms with Crippen molar-refractivity contribution in [2.75, 3.05) is 25.2 Å². The van der Waals surface area contributed by atoms with Crippen LogP contribution >= 0.6 is 0 Å². The molecule has 0 aliphatic carbocycles. The Kier molecular flexibility index (Phi) is 3.28. The number of nitrogens with two attached hydrogens (primary N) is 1. The summed E-state index contributed by atoms with van der Waals surface area (Å²) in [5.74, 6) is 5.65. The number of anilines is 1. The first-order valence-corrected chi connectivity index (χ1v) is 4.92. The molecule has 0 unspecified atom stereocenters. The van der Waals surface area contributed by atoms with Gasteiger partial charge < -0.3 is 15.1 Å². The van der Waals surface area contributed by atoms with E-state index in [4.69, 9.17) is 10.6 Å². The van der Waals surface area contributed by atoms with Crippen molar-refractivity contribution >= 4 is 11.7 Å². The van der Waals surface area contributed by atoms with Crippen LogP contribution in [0.1, 0.15) is 5.69 Å². The number of rotatable bonds is 3. The Morgan fingerprint density at radius 1 is 1.50 bits per heavy atom. The molecule has 0 saturated carbocycles. The number of amides is 1. The Morgan fingerprint density at radius 2 is 2.38 bits per heavy atom. The molecule has 2 rings (SSSR count). The number of morpholine rings is 1. The van der Waals surface area contributed by atoms with Crippen LogP contribution in [-0.4, -0.2) is 40.5 Å². The average Bonchev–Trinajstić information content (AvgIpc) is 2.33. The Hall–Kier alpha value is -1.73. The fraction of sp³-hybridized carbons (Fsp3) is 0.444. The molecule has 1 fully saturated rings. The molecule has 1 saturated heterocycles. The molecule has 1 aromatic heterocycles. The van der Waals surface area contributed by atoms with Gasteiger partial charge in [0.05, 0.1) is 31.2 Å². The van der Waals surface area contributed by atoms with Gasteiger partial charge in [0.1, 0.15) is 6.61 Å². The summed E-state index contributed by atoms with van der Waals surface area (Å²) in [5, 5.41) is 0. The van der Waals surface area contributed by atoms with Crippen LogP contribution in [0.2, 0.25) is 0 Å². The Morgan fingerprint density at radius 3 is 3.00 bits per heavy atom. The molecule has 0 aromatic carbocycles. The predicted octanol–water partition coefficient (Wildman–Crippen LogP) is -0.879. The van der Waals surface area contributed by atoms with Crippen molar-refractivity contribution in [2.24, 2.45) is 5.84 Å². The lowest BCUT2D eigenvalue weighted by molar-refractivity contribution is -0.143. The molecule has 7 nitrogen and oxygen atoms in total. The van der Waals surface area contributed by atoms with Gasteiger partial charge in [0.2, 0.25) is 5.91 Å². The van der Waals surface area contributed by atoms with Gasteiger partial charge in [0.25, 0.3) is 0 Å². The third-order valence-corrected chi connectivity index (χ3v) is 2.29. The van der Waals surface area contributed by atoms with Gasteiger partial charge in [-0.25, -0.2) is 10.8 Å². The quantitative estimate of drug-likeness (QED) is 0.510. The molecule has 1 aromatic rings. The third kappa shape index (κ3) is 2.44. The SMILES string of the molecule is NNc1cnc(CN2CCOCC2=O)cn1. The van der Waals surface area contributed by atoms with Gasteiger partial charge in [-0.3, -0.25) is 9.78 Å². The van der Waals surface area contributed by atoms with Crippen LogP contribution in [0.3, 0.4) is 0 Å². The van der Waals surface area contributed by atoms with E-state index in [1.165, 1.54) is 6.20 Å². The molecule has 0 radical (unpaired) electrons. The number of nitrogens with zero attached hydrogens (tertiary/aromatic N) is 3. The van der Waals surface area contributed by atoms with Crippen molar-refractivity contribution in [1.82, 2.24) is 14.9 Å². The van der Waals surface area contributed by atoms with E-state index in [0.29, 0.717) is 25.5 Å². The monoisotopic (exact) mass is 223 g/mol. The fourth-order valence-corrected chi connectivity index (χ4v) is 1.42. The smallest absolute Gasteiger partial charge is 0.249 e. The van der Waals surface area contributed by atoms with E-state index < -0.39 is 0 Å². The van der Waals surface area contributed by atoms with Crippen molar-refractivity contribution in [3.63, 3.8) is 0 Å². The van der Waals surface area contributed by atoms with Gasteiger partial charge in [0.15, 0.2) is 5.82 Å². The highest BCUT2D eigenvalue weighted by atomic mass is 16.5. The van der Waals surface area contributed by atoms with Crippen molar-refractivity contribution in [1.29, 1.82) is 0 Å². The second-order valence-corrected chi connectivity index (χ2v) is 3.41. The van der Waals surface area contributed by atoms with E-state index in [-0.39, 0.29) is 12.5 Å².